The third-order valence-electron chi connectivity index (χ3n) is 3.77. The quantitative estimate of drug-likeness (QED) is 0.760. The highest BCUT2D eigenvalue weighted by Gasteiger charge is 2.38. The molecule has 0 radical (unpaired) electrons. The minimum absolute atomic E-state index is 0.634. The zero-order valence-electron chi connectivity index (χ0n) is 9.90. The fourth-order valence-corrected chi connectivity index (χ4v) is 2.91. The molecule has 1 aromatic heterocycles. The molecule has 4 nitrogen and oxygen atoms in total. The number of anilines is 1. The van der Waals surface area contributed by atoms with Crippen LogP contribution in [0, 0.1) is 19.8 Å². The van der Waals surface area contributed by atoms with Crippen molar-refractivity contribution in [3.05, 3.63) is 17.6 Å². The summed E-state index contributed by atoms with van der Waals surface area (Å²) in [7, 11) is 0. The predicted molar refractivity (Wildman–Crippen MR) is 63.6 cm³/mol. The maximum absolute atomic E-state index is 4.65. The van der Waals surface area contributed by atoms with Crippen LogP contribution in [0.4, 0.5) is 5.82 Å². The number of rotatable bonds is 1. The number of aromatic nitrogens is 2. The normalized spacial score (nSPS) is 28.5. The molecule has 1 aromatic rings. The fraction of sp³-hybridized carbons (Fsp3) is 0.667. The molecule has 2 atom stereocenters. The van der Waals surface area contributed by atoms with Gasteiger partial charge in [0.05, 0.1) is 11.4 Å². The van der Waals surface area contributed by atoms with E-state index < -0.39 is 0 Å². The smallest absolute Gasteiger partial charge is 0.150 e. The van der Waals surface area contributed by atoms with Crippen molar-refractivity contribution in [2.45, 2.75) is 26.3 Å². The van der Waals surface area contributed by atoms with Gasteiger partial charge in [0.25, 0.3) is 0 Å². The summed E-state index contributed by atoms with van der Waals surface area (Å²) < 4.78 is 0. The Hall–Kier alpha value is -1.16. The van der Waals surface area contributed by atoms with Crippen LogP contribution in [0.1, 0.15) is 17.8 Å². The first-order chi connectivity index (χ1) is 7.75. The lowest BCUT2D eigenvalue weighted by Gasteiger charge is -2.25. The Morgan fingerprint density at radius 3 is 3.12 bits per heavy atom. The van der Waals surface area contributed by atoms with E-state index in [0.717, 1.165) is 36.2 Å². The predicted octanol–water partition coefficient (Wildman–Crippen LogP) is 0.892. The van der Waals surface area contributed by atoms with Gasteiger partial charge in [-0.3, -0.25) is 4.98 Å². The van der Waals surface area contributed by atoms with Crippen molar-refractivity contribution >= 4 is 5.82 Å². The molecule has 0 spiro atoms. The van der Waals surface area contributed by atoms with E-state index in [1.807, 2.05) is 13.1 Å². The lowest BCUT2D eigenvalue weighted by atomic mass is 10.1. The van der Waals surface area contributed by atoms with Crippen molar-refractivity contribution in [3.8, 4) is 0 Å². The molecule has 3 heterocycles. The average molecular weight is 218 g/mol. The second-order valence-corrected chi connectivity index (χ2v) is 4.89. The summed E-state index contributed by atoms with van der Waals surface area (Å²) in [6.07, 6.45) is 3.13. The maximum atomic E-state index is 4.65. The topological polar surface area (TPSA) is 41.1 Å². The third-order valence-corrected chi connectivity index (χ3v) is 3.77. The number of nitrogens with one attached hydrogen (secondary N) is 1. The molecule has 2 aliphatic heterocycles. The molecule has 3 rings (SSSR count). The molecule has 4 heteroatoms. The van der Waals surface area contributed by atoms with Gasteiger partial charge in [-0.25, -0.2) is 4.98 Å². The van der Waals surface area contributed by atoms with Crippen LogP contribution in [0.15, 0.2) is 6.20 Å². The van der Waals surface area contributed by atoms with Crippen molar-refractivity contribution in [2.24, 2.45) is 5.92 Å². The highest BCUT2D eigenvalue weighted by atomic mass is 15.3. The van der Waals surface area contributed by atoms with E-state index >= 15 is 0 Å². The van der Waals surface area contributed by atoms with Crippen LogP contribution in [0.2, 0.25) is 0 Å². The van der Waals surface area contributed by atoms with E-state index in [2.05, 4.69) is 27.1 Å². The molecule has 0 amide bonds. The summed E-state index contributed by atoms with van der Waals surface area (Å²) in [5.41, 5.74) is 2.06. The van der Waals surface area contributed by atoms with E-state index in [0.29, 0.717) is 6.04 Å². The number of hydrogen-bond acceptors (Lipinski definition) is 4. The van der Waals surface area contributed by atoms with Crippen LogP contribution in [0.25, 0.3) is 0 Å². The second-order valence-electron chi connectivity index (χ2n) is 4.89. The molecular formula is C12H18N4. The highest BCUT2D eigenvalue weighted by molar-refractivity contribution is 5.46. The van der Waals surface area contributed by atoms with Crippen molar-refractivity contribution in [2.75, 3.05) is 24.5 Å². The molecule has 0 aliphatic carbocycles. The van der Waals surface area contributed by atoms with Gasteiger partial charge < -0.3 is 10.2 Å². The minimum atomic E-state index is 0.634. The lowest BCUT2D eigenvalue weighted by molar-refractivity contribution is 0.576. The Labute approximate surface area is 96.1 Å². The molecule has 0 saturated carbocycles. The zero-order valence-corrected chi connectivity index (χ0v) is 9.90. The molecule has 0 unspecified atom stereocenters. The van der Waals surface area contributed by atoms with Crippen LogP contribution in [-0.4, -0.2) is 35.6 Å². The SMILES string of the molecule is Cc1cnc(C)c(N2CC[C@H]3CNC[C@H]32)n1. The van der Waals surface area contributed by atoms with Crippen LogP contribution in [-0.2, 0) is 0 Å². The zero-order chi connectivity index (χ0) is 11.1. The largest absolute Gasteiger partial charge is 0.351 e. The van der Waals surface area contributed by atoms with Gasteiger partial charge in [0.1, 0.15) is 0 Å². The summed E-state index contributed by atoms with van der Waals surface area (Å²) in [4.78, 5) is 11.5. The van der Waals surface area contributed by atoms with Crippen molar-refractivity contribution in [3.63, 3.8) is 0 Å². The summed E-state index contributed by atoms with van der Waals surface area (Å²) >= 11 is 0. The van der Waals surface area contributed by atoms with Crippen LogP contribution >= 0.6 is 0 Å². The van der Waals surface area contributed by atoms with Crippen LogP contribution in [0.3, 0.4) is 0 Å². The van der Waals surface area contributed by atoms with Gasteiger partial charge >= 0.3 is 0 Å². The Bertz CT molecular complexity index is 404. The highest BCUT2D eigenvalue weighted by Crippen LogP contribution is 2.31. The van der Waals surface area contributed by atoms with Gasteiger partial charge in [0.15, 0.2) is 5.82 Å². The summed E-state index contributed by atoms with van der Waals surface area (Å²) in [5.74, 6) is 1.90. The van der Waals surface area contributed by atoms with Gasteiger partial charge in [0.2, 0.25) is 0 Å². The lowest BCUT2D eigenvalue weighted by Crippen LogP contribution is -2.35. The van der Waals surface area contributed by atoms with E-state index in [-0.39, 0.29) is 0 Å². The number of nitrogens with zero attached hydrogens (tertiary/aromatic N) is 3. The number of hydrogen-bond donors (Lipinski definition) is 1. The molecule has 86 valence electrons. The molecule has 2 saturated heterocycles. The summed E-state index contributed by atoms with van der Waals surface area (Å²) in [6, 6.07) is 0.634. The summed E-state index contributed by atoms with van der Waals surface area (Å²) in [5, 5.41) is 3.47. The van der Waals surface area contributed by atoms with Gasteiger partial charge in [-0.05, 0) is 26.2 Å². The Morgan fingerprint density at radius 2 is 2.25 bits per heavy atom. The number of aryl methyl sites for hydroxylation is 2. The van der Waals surface area contributed by atoms with E-state index in [1.54, 1.807) is 0 Å². The first-order valence-electron chi connectivity index (χ1n) is 6.03. The first kappa shape index (κ1) is 10.0. The Balaban J connectivity index is 1.94. The molecule has 0 bridgehead atoms. The van der Waals surface area contributed by atoms with Crippen LogP contribution in [0.5, 0.6) is 0 Å². The first-order valence-corrected chi connectivity index (χ1v) is 6.03. The van der Waals surface area contributed by atoms with Gasteiger partial charge in [-0.2, -0.15) is 0 Å². The molecule has 16 heavy (non-hydrogen) atoms. The molecule has 2 aliphatic rings. The van der Waals surface area contributed by atoms with Crippen molar-refractivity contribution in [1.29, 1.82) is 0 Å². The second kappa shape index (κ2) is 3.70. The monoisotopic (exact) mass is 218 g/mol. The molecule has 1 N–H and O–H groups in total. The fourth-order valence-electron chi connectivity index (χ4n) is 2.91. The van der Waals surface area contributed by atoms with E-state index in [1.165, 1.54) is 13.0 Å². The molecule has 2 fully saturated rings. The third kappa shape index (κ3) is 1.48. The minimum Gasteiger partial charge on any atom is -0.351 e. The Morgan fingerprint density at radius 1 is 1.38 bits per heavy atom. The van der Waals surface area contributed by atoms with Crippen LogP contribution < -0.4 is 10.2 Å². The van der Waals surface area contributed by atoms with Crippen molar-refractivity contribution < 1.29 is 0 Å². The van der Waals surface area contributed by atoms with Gasteiger partial charge in [0, 0.05) is 31.9 Å². The van der Waals surface area contributed by atoms with Crippen molar-refractivity contribution in [1.82, 2.24) is 15.3 Å². The average Bonchev–Trinajstić information content (AvgIpc) is 2.83. The van der Waals surface area contributed by atoms with Gasteiger partial charge in [-0.15, -0.1) is 0 Å². The molecule has 0 aromatic carbocycles. The van der Waals surface area contributed by atoms with Gasteiger partial charge in [-0.1, -0.05) is 0 Å². The molecular weight excluding hydrogens is 200 g/mol. The Kier molecular flexibility index (Phi) is 2.32. The maximum Gasteiger partial charge on any atom is 0.150 e. The summed E-state index contributed by atoms with van der Waals surface area (Å²) in [6.45, 7) is 7.46. The standard InChI is InChI=1S/C12H18N4/c1-8-5-14-9(2)12(15-8)16-4-3-10-6-13-7-11(10)16/h5,10-11,13H,3-4,6-7H2,1-2H3/t10-,11+/m0/s1. The number of fused-ring (bicyclic) bond motifs is 1. The van der Waals surface area contributed by atoms with E-state index in [4.69, 9.17) is 0 Å². The van der Waals surface area contributed by atoms with E-state index in [9.17, 15) is 0 Å².